The third kappa shape index (κ3) is 7.55. The van der Waals surface area contributed by atoms with Crippen LogP contribution in [0.3, 0.4) is 0 Å². The Morgan fingerprint density at radius 2 is 2.11 bits per heavy atom. The van der Waals surface area contributed by atoms with Crippen molar-refractivity contribution in [2.75, 3.05) is 6.54 Å². The monoisotopic (exact) mass is 304 g/mol. The molecule has 1 aromatic heterocycles. The van der Waals surface area contributed by atoms with Gasteiger partial charge in [0.25, 0.3) is 0 Å². The lowest BCUT2D eigenvalue weighted by Gasteiger charge is -2.15. The van der Waals surface area contributed by atoms with Crippen LogP contribution >= 0.6 is 23.7 Å². The predicted molar refractivity (Wildman–Crippen MR) is 84.9 cm³/mol. The van der Waals surface area contributed by atoms with Crippen molar-refractivity contribution in [2.24, 2.45) is 5.73 Å². The predicted octanol–water partition coefficient (Wildman–Crippen LogP) is 3.65. The molecule has 0 spiro atoms. The molecule has 1 atom stereocenters. The molecule has 3 nitrogen and oxygen atoms in total. The third-order valence-electron chi connectivity index (χ3n) is 2.99. The van der Waals surface area contributed by atoms with Gasteiger partial charge < -0.3 is 11.1 Å². The molecule has 5 heteroatoms. The Bertz CT molecular complexity index is 330. The van der Waals surface area contributed by atoms with Crippen molar-refractivity contribution in [2.45, 2.75) is 51.5 Å². The fraction of sp³-hybridized carbons (Fsp3) is 0.643. The molecule has 0 aliphatic heterocycles. The Hall–Kier alpha value is -0.580. The standard InChI is InChI=1S/C14H24N2OS.ClH/c1-2-12(13-8-7-11-18-13)16-14(17)9-5-3-4-6-10-15;/h7-8,11-12H,2-6,9-10,15H2,1H3,(H,16,17);1H. The number of hydrogen-bond acceptors (Lipinski definition) is 3. The van der Waals surface area contributed by atoms with Gasteiger partial charge in [0.15, 0.2) is 0 Å². The van der Waals surface area contributed by atoms with E-state index >= 15 is 0 Å². The first kappa shape index (κ1) is 18.4. The van der Waals surface area contributed by atoms with Crippen molar-refractivity contribution >= 4 is 29.7 Å². The average molecular weight is 305 g/mol. The maximum absolute atomic E-state index is 11.8. The first-order chi connectivity index (χ1) is 8.77. The van der Waals surface area contributed by atoms with Crippen LogP contribution in [0.25, 0.3) is 0 Å². The minimum Gasteiger partial charge on any atom is -0.348 e. The Balaban J connectivity index is 0.00000324. The van der Waals surface area contributed by atoms with E-state index in [4.69, 9.17) is 5.73 Å². The summed E-state index contributed by atoms with van der Waals surface area (Å²) in [7, 11) is 0. The van der Waals surface area contributed by atoms with E-state index in [2.05, 4.69) is 23.7 Å². The molecule has 1 unspecified atom stereocenters. The Labute approximate surface area is 126 Å². The van der Waals surface area contributed by atoms with Crippen molar-refractivity contribution in [1.82, 2.24) is 5.32 Å². The van der Waals surface area contributed by atoms with Crippen molar-refractivity contribution in [1.29, 1.82) is 0 Å². The average Bonchev–Trinajstić information content (AvgIpc) is 2.89. The van der Waals surface area contributed by atoms with E-state index < -0.39 is 0 Å². The number of carbonyl (C=O) groups excluding carboxylic acids is 1. The largest absolute Gasteiger partial charge is 0.348 e. The molecule has 0 radical (unpaired) electrons. The zero-order valence-electron chi connectivity index (χ0n) is 11.6. The van der Waals surface area contributed by atoms with Crippen molar-refractivity contribution in [3.05, 3.63) is 22.4 Å². The highest BCUT2D eigenvalue weighted by Crippen LogP contribution is 2.21. The van der Waals surface area contributed by atoms with Crippen molar-refractivity contribution in [3.8, 4) is 0 Å². The topological polar surface area (TPSA) is 55.1 Å². The van der Waals surface area contributed by atoms with Gasteiger partial charge in [0.05, 0.1) is 6.04 Å². The maximum Gasteiger partial charge on any atom is 0.220 e. The molecule has 19 heavy (non-hydrogen) atoms. The van der Waals surface area contributed by atoms with Crippen LogP contribution in [0.15, 0.2) is 17.5 Å². The molecular formula is C14H25ClN2OS. The summed E-state index contributed by atoms with van der Waals surface area (Å²) in [5, 5.41) is 5.16. The molecule has 1 aromatic rings. The Morgan fingerprint density at radius 3 is 2.68 bits per heavy atom. The van der Waals surface area contributed by atoms with Gasteiger partial charge in [-0.3, -0.25) is 4.79 Å². The fourth-order valence-electron chi connectivity index (χ4n) is 1.91. The molecule has 0 aromatic carbocycles. The van der Waals surface area contributed by atoms with Crippen molar-refractivity contribution in [3.63, 3.8) is 0 Å². The molecule has 0 aliphatic carbocycles. The summed E-state index contributed by atoms with van der Waals surface area (Å²) in [5.74, 6) is 0.169. The van der Waals surface area contributed by atoms with E-state index in [1.807, 2.05) is 6.07 Å². The summed E-state index contributed by atoms with van der Waals surface area (Å²) < 4.78 is 0. The summed E-state index contributed by atoms with van der Waals surface area (Å²) in [6.07, 6.45) is 5.83. The zero-order valence-corrected chi connectivity index (χ0v) is 13.2. The number of hydrogen-bond donors (Lipinski definition) is 2. The number of thiophene rings is 1. The number of halogens is 1. The lowest BCUT2D eigenvalue weighted by molar-refractivity contribution is -0.122. The Morgan fingerprint density at radius 1 is 1.37 bits per heavy atom. The van der Waals surface area contributed by atoms with Crippen LogP contribution < -0.4 is 11.1 Å². The van der Waals surface area contributed by atoms with E-state index in [9.17, 15) is 4.79 Å². The molecule has 0 bridgehead atoms. The van der Waals surface area contributed by atoms with Crippen LogP contribution in [-0.4, -0.2) is 12.5 Å². The molecular weight excluding hydrogens is 280 g/mol. The lowest BCUT2D eigenvalue weighted by Crippen LogP contribution is -2.27. The molecule has 1 amide bonds. The minimum atomic E-state index is 0. The molecule has 0 saturated carbocycles. The van der Waals surface area contributed by atoms with Gasteiger partial charge in [-0.25, -0.2) is 0 Å². The normalized spacial score (nSPS) is 11.7. The number of nitrogens with one attached hydrogen (secondary N) is 1. The van der Waals surface area contributed by atoms with Gasteiger partial charge in [-0.05, 0) is 37.3 Å². The van der Waals surface area contributed by atoms with Gasteiger partial charge in [-0.2, -0.15) is 0 Å². The smallest absolute Gasteiger partial charge is 0.220 e. The van der Waals surface area contributed by atoms with Crippen LogP contribution in [0, 0.1) is 0 Å². The van der Waals surface area contributed by atoms with Gasteiger partial charge in [0.2, 0.25) is 5.91 Å². The highest BCUT2D eigenvalue weighted by Gasteiger charge is 2.12. The van der Waals surface area contributed by atoms with E-state index in [1.54, 1.807) is 11.3 Å². The number of carbonyl (C=O) groups is 1. The first-order valence-electron chi connectivity index (χ1n) is 6.80. The van der Waals surface area contributed by atoms with Crippen LogP contribution in [0.4, 0.5) is 0 Å². The molecule has 1 rings (SSSR count). The summed E-state index contributed by atoms with van der Waals surface area (Å²) >= 11 is 1.70. The number of rotatable bonds is 9. The molecule has 0 saturated heterocycles. The van der Waals surface area contributed by atoms with E-state index in [1.165, 1.54) is 4.88 Å². The third-order valence-corrected chi connectivity index (χ3v) is 3.97. The molecule has 0 aliphatic rings. The van der Waals surface area contributed by atoms with Crippen LogP contribution in [0.5, 0.6) is 0 Å². The summed E-state index contributed by atoms with van der Waals surface area (Å²) in [5.41, 5.74) is 5.43. The van der Waals surface area contributed by atoms with Gasteiger partial charge >= 0.3 is 0 Å². The zero-order chi connectivity index (χ0) is 13.2. The second-order valence-corrected chi connectivity index (χ2v) is 5.48. The van der Waals surface area contributed by atoms with E-state index in [0.717, 1.165) is 38.6 Å². The summed E-state index contributed by atoms with van der Waals surface area (Å²) in [4.78, 5) is 13.1. The van der Waals surface area contributed by atoms with Crippen molar-refractivity contribution < 1.29 is 4.79 Å². The molecule has 0 fully saturated rings. The van der Waals surface area contributed by atoms with E-state index in [0.29, 0.717) is 6.42 Å². The molecule has 1 heterocycles. The first-order valence-corrected chi connectivity index (χ1v) is 7.68. The SMILES string of the molecule is CCC(NC(=O)CCCCCCN)c1cccs1.Cl. The van der Waals surface area contributed by atoms with Gasteiger partial charge in [-0.1, -0.05) is 25.8 Å². The van der Waals surface area contributed by atoms with Gasteiger partial charge in [0, 0.05) is 11.3 Å². The second-order valence-electron chi connectivity index (χ2n) is 4.50. The highest BCUT2D eigenvalue weighted by molar-refractivity contribution is 7.10. The number of unbranched alkanes of at least 4 members (excludes halogenated alkanes) is 3. The maximum atomic E-state index is 11.8. The summed E-state index contributed by atoms with van der Waals surface area (Å²) in [6, 6.07) is 4.30. The molecule has 3 N–H and O–H groups in total. The molecule has 110 valence electrons. The quantitative estimate of drug-likeness (QED) is 0.684. The highest BCUT2D eigenvalue weighted by atomic mass is 35.5. The van der Waals surface area contributed by atoms with Crippen LogP contribution in [-0.2, 0) is 4.79 Å². The minimum absolute atomic E-state index is 0. The number of nitrogens with two attached hydrogens (primary N) is 1. The summed E-state index contributed by atoms with van der Waals surface area (Å²) in [6.45, 7) is 2.86. The number of amides is 1. The lowest BCUT2D eigenvalue weighted by atomic mass is 10.1. The van der Waals surface area contributed by atoms with Gasteiger partial charge in [-0.15, -0.1) is 23.7 Å². The Kier molecular flexibility index (Phi) is 10.9. The fourth-order valence-corrected chi connectivity index (χ4v) is 2.78. The van der Waals surface area contributed by atoms with Gasteiger partial charge in [0.1, 0.15) is 0 Å². The van der Waals surface area contributed by atoms with Crippen LogP contribution in [0.2, 0.25) is 0 Å². The van der Waals surface area contributed by atoms with E-state index in [-0.39, 0.29) is 24.4 Å². The van der Waals surface area contributed by atoms with Crippen LogP contribution in [0.1, 0.15) is 56.4 Å². The second kappa shape index (κ2) is 11.3.